The molecule has 0 bridgehead atoms. The molecule has 1 aromatic rings. The van der Waals surface area contributed by atoms with Crippen molar-refractivity contribution >= 4 is 12.0 Å². The summed E-state index contributed by atoms with van der Waals surface area (Å²) in [5.41, 5.74) is 1.41. The number of fused-ring (bicyclic) bond motifs is 1. The maximum Gasteiger partial charge on any atom is 0.317 e. The van der Waals surface area contributed by atoms with Gasteiger partial charge >= 0.3 is 6.03 Å². The van der Waals surface area contributed by atoms with Crippen LogP contribution in [0.3, 0.4) is 0 Å². The van der Waals surface area contributed by atoms with Gasteiger partial charge in [0.2, 0.25) is 5.95 Å². The van der Waals surface area contributed by atoms with E-state index in [2.05, 4.69) is 15.3 Å². The maximum absolute atomic E-state index is 12.4. The highest BCUT2D eigenvalue weighted by atomic mass is 16.5. The van der Waals surface area contributed by atoms with Crippen molar-refractivity contribution in [2.75, 3.05) is 51.3 Å². The second-order valence-corrected chi connectivity index (χ2v) is 5.46. The number of urea groups is 1. The summed E-state index contributed by atoms with van der Waals surface area (Å²) in [6.07, 6.45) is 1.14. The van der Waals surface area contributed by atoms with Gasteiger partial charge in [0, 0.05) is 45.2 Å². The van der Waals surface area contributed by atoms with E-state index in [1.54, 1.807) is 11.9 Å². The number of aromatic nitrogens is 2. The first-order chi connectivity index (χ1) is 10.7. The van der Waals surface area contributed by atoms with Crippen molar-refractivity contribution in [3.8, 4) is 0 Å². The lowest BCUT2D eigenvalue weighted by molar-refractivity contribution is 0.122. The molecule has 3 heterocycles. The van der Waals surface area contributed by atoms with E-state index < -0.39 is 0 Å². The molecule has 8 nitrogen and oxygen atoms in total. The second kappa shape index (κ2) is 6.35. The quantitative estimate of drug-likeness (QED) is 0.719. The molecule has 0 unspecified atom stereocenters. The molecule has 0 aromatic carbocycles. The molecule has 1 aromatic heterocycles. The topological polar surface area (TPSA) is 90.6 Å². The van der Waals surface area contributed by atoms with Crippen molar-refractivity contribution in [3.05, 3.63) is 21.6 Å². The van der Waals surface area contributed by atoms with E-state index in [1.807, 2.05) is 4.90 Å². The average Bonchev–Trinajstić information content (AvgIpc) is 2.78. The molecule has 1 fully saturated rings. The molecule has 2 aliphatic heterocycles. The Morgan fingerprint density at radius 2 is 1.95 bits per heavy atom. The third-order valence-electron chi connectivity index (χ3n) is 4.15. The number of hydrogen-bond acceptors (Lipinski definition) is 5. The van der Waals surface area contributed by atoms with Gasteiger partial charge in [-0.1, -0.05) is 0 Å². The lowest BCUT2D eigenvalue weighted by Gasteiger charge is -2.27. The van der Waals surface area contributed by atoms with E-state index in [0.717, 1.165) is 18.8 Å². The van der Waals surface area contributed by atoms with Crippen molar-refractivity contribution in [1.82, 2.24) is 20.2 Å². The van der Waals surface area contributed by atoms with Crippen LogP contribution in [0.4, 0.5) is 10.7 Å². The summed E-state index contributed by atoms with van der Waals surface area (Å²) in [7, 11) is 1.61. The molecule has 0 radical (unpaired) electrons. The van der Waals surface area contributed by atoms with Gasteiger partial charge in [0.1, 0.15) is 0 Å². The number of carbonyl (C=O) groups excluding carboxylic acids is 1. The van der Waals surface area contributed by atoms with E-state index in [0.29, 0.717) is 50.7 Å². The Morgan fingerprint density at radius 1 is 1.23 bits per heavy atom. The lowest BCUT2D eigenvalue weighted by atomic mass is 10.1. The van der Waals surface area contributed by atoms with Crippen molar-refractivity contribution < 1.29 is 9.53 Å². The van der Waals surface area contributed by atoms with E-state index in [1.165, 1.54) is 0 Å². The van der Waals surface area contributed by atoms with Crippen molar-refractivity contribution in [2.24, 2.45) is 0 Å². The van der Waals surface area contributed by atoms with E-state index >= 15 is 0 Å². The van der Waals surface area contributed by atoms with Gasteiger partial charge in [0.15, 0.2) is 0 Å². The minimum Gasteiger partial charge on any atom is -0.378 e. The Morgan fingerprint density at radius 3 is 2.68 bits per heavy atom. The molecule has 3 rings (SSSR count). The van der Waals surface area contributed by atoms with Crippen LogP contribution in [0, 0.1) is 0 Å². The molecule has 2 N–H and O–H groups in total. The zero-order chi connectivity index (χ0) is 15.5. The summed E-state index contributed by atoms with van der Waals surface area (Å²) in [5, 5.41) is 2.63. The standard InChI is InChI=1S/C14H21N5O3/c1-15-14(21)19-4-2-10-11(3-5-19)16-13(17-12(10)20)18-6-8-22-9-7-18/h2-9H2,1H3,(H,15,21)(H,16,17,20). The number of carbonyl (C=O) groups is 1. The van der Waals surface area contributed by atoms with E-state index in [-0.39, 0.29) is 11.6 Å². The summed E-state index contributed by atoms with van der Waals surface area (Å²) in [4.78, 5) is 35.4. The van der Waals surface area contributed by atoms with Gasteiger partial charge in [-0.05, 0) is 6.42 Å². The Hall–Kier alpha value is -2.09. The van der Waals surface area contributed by atoms with Crippen LogP contribution in [-0.2, 0) is 17.6 Å². The zero-order valence-electron chi connectivity index (χ0n) is 12.7. The third kappa shape index (κ3) is 2.92. The highest BCUT2D eigenvalue weighted by molar-refractivity contribution is 5.73. The number of nitrogens with zero attached hydrogens (tertiary/aromatic N) is 3. The third-order valence-corrected chi connectivity index (χ3v) is 4.15. The molecular weight excluding hydrogens is 286 g/mol. The lowest BCUT2D eigenvalue weighted by Crippen LogP contribution is -2.39. The van der Waals surface area contributed by atoms with Gasteiger partial charge in [0.05, 0.1) is 18.9 Å². The van der Waals surface area contributed by atoms with Gasteiger partial charge in [-0.3, -0.25) is 9.78 Å². The number of nitrogens with one attached hydrogen (secondary N) is 2. The number of aromatic amines is 1. The van der Waals surface area contributed by atoms with Gasteiger partial charge in [-0.15, -0.1) is 0 Å². The van der Waals surface area contributed by atoms with Gasteiger partial charge in [0.25, 0.3) is 5.56 Å². The first-order valence-corrected chi connectivity index (χ1v) is 7.60. The second-order valence-electron chi connectivity index (χ2n) is 5.46. The summed E-state index contributed by atoms with van der Waals surface area (Å²) in [6.45, 7) is 3.86. The van der Waals surface area contributed by atoms with Crippen molar-refractivity contribution in [2.45, 2.75) is 12.8 Å². The number of amides is 2. The van der Waals surface area contributed by atoms with Crippen LogP contribution in [0.15, 0.2) is 4.79 Å². The highest BCUT2D eigenvalue weighted by Crippen LogP contribution is 2.15. The molecule has 0 saturated carbocycles. The zero-order valence-corrected chi connectivity index (χ0v) is 12.7. The predicted octanol–water partition coefficient (Wildman–Crippen LogP) is -0.653. The Labute approximate surface area is 128 Å². The van der Waals surface area contributed by atoms with E-state index in [9.17, 15) is 9.59 Å². The monoisotopic (exact) mass is 307 g/mol. The van der Waals surface area contributed by atoms with Crippen molar-refractivity contribution in [1.29, 1.82) is 0 Å². The molecule has 120 valence electrons. The number of rotatable bonds is 1. The Balaban J connectivity index is 1.84. The van der Waals surface area contributed by atoms with Crippen LogP contribution < -0.4 is 15.8 Å². The number of hydrogen-bond donors (Lipinski definition) is 2. The first kappa shape index (κ1) is 14.8. The molecule has 0 aliphatic carbocycles. The van der Waals surface area contributed by atoms with E-state index in [4.69, 9.17) is 4.74 Å². The maximum atomic E-state index is 12.4. The minimum atomic E-state index is -0.113. The fourth-order valence-electron chi connectivity index (χ4n) is 2.88. The van der Waals surface area contributed by atoms with Gasteiger partial charge in [-0.25, -0.2) is 9.78 Å². The van der Waals surface area contributed by atoms with Crippen LogP contribution in [0.25, 0.3) is 0 Å². The molecule has 2 amide bonds. The SMILES string of the molecule is CNC(=O)N1CCc2nc(N3CCOCC3)[nH]c(=O)c2CC1. The molecule has 2 aliphatic rings. The number of anilines is 1. The number of H-pyrrole nitrogens is 1. The average molecular weight is 307 g/mol. The van der Waals surface area contributed by atoms with Crippen molar-refractivity contribution in [3.63, 3.8) is 0 Å². The highest BCUT2D eigenvalue weighted by Gasteiger charge is 2.22. The Bertz CT molecular complexity index is 609. The normalized spacial score (nSPS) is 18.6. The molecule has 0 atom stereocenters. The minimum absolute atomic E-state index is 0.0924. The number of ether oxygens (including phenoxy) is 1. The fourth-order valence-corrected chi connectivity index (χ4v) is 2.88. The van der Waals surface area contributed by atoms with Crippen LogP contribution >= 0.6 is 0 Å². The van der Waals surface area contributed by atoms with Crippen LogP contribution in [0.5, 0.6) is 0 Å². The summed E-state index contributed by atoms with van der Waals surface area (Å²) >= 11 is 0. The molecule has 8 heteroatoms. The molecule has 0 spiro atoms. The molecule has 22 heavy (non-hydrogen) atoms. The molecular formula is C14H21N5O3. The van der Waals surface area contributed by atoms with Crippen LogP contribution in [0.1, 0.15) is 11.3 Å². The van der Waals surface area contributed by atoms with Crippen LogP contribution in [-0.4, -0.2) is 67.3 Å². The van der Waals surface area contributed by atoms with Crippen LogP contribution in [0.2, 0.25) is 0 Å². The first-order valence-electron chi connectivity index (χ1n) is 7.60. The summed E-state index contributed by atoms with van der Waals surface area (Å²) in [5.74, 6) is 0.612. The largest absolute Gasteiger partial charge is 0.378 e. The van der Waals surface area contributed by atoms with Gasteiger partial charge in [-0.2, -0.15) is 0 Å². The summed E-state index contributed by atoms with van der Waals surface area (Å²) < 4.78 is 5.32. The predicted molar refractivity (Wildman–Crippen MR) is 81.3 cm³/mol. The fraction of sp³-hybridized carbons (Fsp3) is 0.643. The molecule has 1 saturated heterocycles. The smallest absolute Gasteiger partial charge is 0.317 e. The Kier molecular flexibility index (Phi) is 4.28. The summed E-state index contributed by atoms with van der Waals surface area (Å²) in [6, 6.07) is -0.113. The van der Waals surface area contributed by atoms with Gasteiger partial charge < -0.3 is 19.9 Å². The number of morpholine rings is 1.